The number of methoxy groups -OCH3 is 3. The number of benzene rings is 1. The van der Waals surface area contributed by atoms with Crippen molar-refractivity contribution in [3.63, 3.8) is 0 Å². The van der Waals surface area contributed by atoms with Gasteiger partial charge in [-0.25, -0.2) is 0 Å². The summed E-state index contributed by atoms with van der Waals surface area (Å²) in [4.78, 5) is 2.40. The van der Waals surface area contributed by atoms with Crippen molar-refractivity contribution in [3.05, 3.63) is 17.7 Å². The van der Waals surface area contributed by atoms with Gasteiger partial charge in [0.2, 0.25) is 5.75 Å². The quantitative estimate of drug-likeness (QED) is 0.855. The molecule has 1 aliphatic heterocycles. The van der Waals surface area contributed by atoms with E-state index in [0.717, 1.165) is 37.5 Å². The Labute approximate surface area is 120 Å². The third kappa shape index (κ3) is 2.99. The summed E-state index contributed by atoms with van der Waals surface area (Å²) in [6.07, 6.45) is 1.17. The van der Waals surface area contributed by atoms with Gasteiger partial charge in [0, 0.05) is 18.7 Å². The molecule has 5 nitrogen and oxygen atoms in total. The van der Waals surface area contributed by atoms with E-state index in [0.29, 0.717) is 17.4 Å². The largest absolute Gasteiger partial charge is 0.493 e. The highest BCUT2D eigenvalue weighted by atomic mass is 16.5. The molecule has 20 heavy (non-hydrogen) atoms. The van der Waals surface area contributed by atoms with Gasteiger partial charge in [-0.3, -0.25) is 4.90 Å². The van der Waals surface area contributed by atoms with Gasteiger partial charge in [-0.15, -0.1) is 0 Å². The van der Waals surface area contributed by atoms with E-state index >= 15 is 0 Å². The summed E-state index contributed by atoms with van der Waals surface area (Å²) in [7, 11) is 4.92. The summed E-state index contributed by atoms with van der Waals surface area (Å²) in [5.74, 6) is 2.71. The van der Waals surface area contributed by atoms with Crippen molar-refractivity contribution in [1.82, 2.24) is 4.90 Å². The number of rotatable bonds is 6. The molecular formula is C15H24N2O3. The molecule has 1 aliphatic rings. The van der Waals surface area contributed by atoms with E-state index in [2.05, 4.69) is 4.90 Å². The van der Waals surface area contributed by atoms with Crippen LogP contribution in [-0.2, 0) is 6.54 Å². The highest BCUT2D eigenvalue weighted by molar-refractivity contribution is 5.55. The molecule has 1 saturated heterocycles. The van der Waals surface area contributed by atoms with Crippen LogP contribution in [-0.4, -0.2) is 45.9 Å². The first-order chi connectivity index (χ1) is 9.73. The summed E-state index contributed by atoms with van der Waals surface area (Å²) in [5, 5.41) is 0. The van der Waals surface area contributed by atoms with E-state index in [-0.39, 0.29) is 0 Å². The Morgan fingerprint density at radius 2 is 1.90 bits per heavy atom. The van der Waals surface area contributed by atoms with Crippen molar-refractivity contribution >= 4 is 0 Å². The molecule has 112 valence electrons. The first-order valence-corrected chi connectivity index (χ1v) is 6.93. The molecule has 1 aromatic rings. The average Bonchev–Trinajstić information content (AvgIpc) is 2.94. The summed E-state index contributed by atoms with van der Waals surface area (Å²) in [6.45, 7) is 3.74. The van der Waals surface area contributed by atoms with Gasteiger partial charge in [0.25, 0.3) is 0 Å². The Morgan fingerprint density at radius 1 is 1.15 bits per heavy atom. The molecular weight excluding hydrogens is 256 g/mol. The van der Waals surface area contributed by atoms with E-state index < -0.39 is 0 Å². The molecule has 1 aromatic carbocycles. The van der Waals surface area contributed by atoms with Crippen molar-refractivity contribution < 1.29 is 14.2 Å². The van der Waals surface area contributed by atoms with Gasteiger partial charge in [0.15, 0.2) is 11.5 Å². The highest BCUT2D eigenvalue weighted by Crippen LogP contribution is 2.40. The normalized spacial score (nSPS) is 19.1. The van der Waals surface area contributed by atoms with E-state index in [4.69, 9.17) is 19.9 Å². The first kappa shape index (κ1) is 14.9. The van der Waals surface area contributed by atoms with E-state index in [1.807, 2.05) is 12.1 Å². The lowest BCUT2D eigenvalue weighted by Crippen LogP contribution is -2.23. The van der Waals surface area contributed by atoms with Crippen LogP contribution in [0.5, 0.6) is 17.2 Å². The lowest BCUT2D eigenvalue weighted by molar-refractivity contribution is 0.296. The molecule has 1 atom stereocenters. The van der Waals surface area contributed by atoms with Crippen LogP contribution >= 0.6 is 0 Å². The Morgan fingerprint density at radius 3 is 2.45 bits per heavy atom. The van der Waals surface area contributed by atoms with E-state index in [9.17, 15) is 0 Å². The van der Waals surface area contributed by atoms with Gasteiger partial charge in [-0.2, -0.15) is 0 Å². The third-order valence-corrected chi connectivity index (χ3v) is 3.88. The van der Waals surface area contributed by atoms with Crippen molar-refractivity contribution in [2.75, 3.05) is 41.0 Å². The second-order valence-electron chi connectivity index (χ2n) is 5.12. The van der Waals surface area contributed by atoms with Gasteiger partial charge in [0.05, 0.1) is 21.3 Å². The number of ether oxygens (including phenoxy) is 3. The number of nitrogens with two attached hydrogens (primary N) is 1. The highest BCUT2D eigenvalue weighted by Gasteiger charge is 2.23. The van der Waals surface area contributed by atoms with Gasteiger partial charge in [-0.05, 0) is 31.5 Å². The van der Waals surface area contributed by atoms with Crippen molar-refractivity contribution in [2.24, 2.45) is 11.7 Å². The van der Waals surface area contributed by atoms with Crippen LogP contribution in [0.1, 0.15) is 12.0 Å². The van der Waals surface area contributed by atoms with Gasteiger partial charge in [0.1, 0.15) is 0 Å². The minimum atomic E-state index is 0.612. The minimum absolute atomic E-state index is 0.612. The Hall–Kier alpha value is -1.46. The summed E-state index contributed by atoms with van der Waals surface area (Å²) in [5.41, 5.74) is 6.85. The zero-order chi connectivity index (χ0) is 14.5. The molecule has 2 N–H and O–H groups in total. The molecule has 0 bridgehead atoms. The van der Waals surface area contributed by atoms with Crippen LogP contribution in [0.4, 0.5) is 0 Å². The second kappa shape index (κ2) is 6.81. The van der Waals surface area contributed by atoms with Gasteiger partial charge >= 0.3 is 0 Å². The Kier molecular flexibility index (Phi) is 5.09. The summed E-state index contributed by atoms with van der Waals surface area (Å²) >= 11 is 0. The zero-order valence-corrected chi connectivity index (χ0v) is 12.5. The molecule has 5 heteroatoms. The number of nitrogens with zero attached hydrogens (tertiary/aromatic N) is 1. The van der Waals surface area contributed by atoms with Crippen LogP contribution in [0, 0.1) is 5.92 Å². The smallest absolute Gasteiger partial charge is 0.203 e. The topological polar surface area (TPSA) is 57.0 Å². The maximum absolute atomic E-state index is 5.74. The SMILES string of the molecule is COc1ccc(CN2CCC(CN)C2)c(OC)c1OC. The Balaban J connectivity index is 2.19. The zero-order valence-electron chi connectivity index (χ0n) is 12.5. The predicted molar refractivity (Wildman–Crippen MR) is 78.5 cm³/mol. The molecule has 1 unspecified atom stereocenters. The van der Waals surface area contributed by atoms with Crippen molar-refractivity contribution in [2.45, 2.75) is 13.0 Å². The lowest BCUT2D eigenvalue weighted by Gasteiger charge is -2.20. The number of hydrogen-bond acceptors (Lipinski definition) is 5. The molecule has 2 rings (SSSR count). The number of hydrogen-bond donors (Lipinski definition) is 1. The fourth-order valence-electron chi connectivity index (χ4n) is 2.78. The van der Waals surface area contributed by atoms with E-state index in [1.54, 1.807) is 21.3 Å². The van der Waals surface area contributed by atoms with Crippen LogP contribution in [0.15, 0.2) is 12.1 Å². The standard InChI is InChI=1S/C15H24N2O3/c1-18-13-5-4-12(14(19-2)15(13)20-3)10-17-7-6-11(8-16)9-17/h4-5,11H,6-10,16H2,1-3H3. The van der Waals surface area contributed by atoms with Gasteiger partial charge < -0.3 is 19.9 Å². The monoisotopic (exact) mass is 280 g/mol. The maximum atomic E-state index is 5.74. The second-order valence-corrected chi connectivity index (χ2v) is 5.12. The lowest BCUT2D eigenvalue weighted by atomic mass is 10.1. The third-order valence-electron chi connectivity index (χ3n) is 3.88. The van der Waals surface area contributed by atoms with E-state index in [1.165, 1.54) is 6.42 Å². The molecule has 0 spiro atoms. The molecule has 0 aliphatic carbocycles. The van der Waals surface area contributed by atoms with Gasteiger partial charge in [-0.1, -0.05) is 6.07 Å². The molecule has 0 saturated carbocycles. The summed E-state index contributed by atoms with van der Waals surface area (Å²) < 4.78 is 16.2. The maximum Gasteiger partial charge on any atom is 0.203 e. The average molecular weight is 280 g/mol. The number of likely N-dealkylation sites (tertiary alicyclic amines) is 1. The fraction of sp³-hybridized carbons (Fsp3) is 0.600. The van der Waals surface area contributed by atoms with Crippen molar-refractivity contribution in [1.29, 1.82) is 0 Å². The van der Waals surface area contributed by atoms with Crippen LogP contribution in [0.25, 0.3) is 0 Å². The van der Waals surface area contributed by atoms with Crippen LogP contribution < -0.4 is 19.9 Å². The predicted octanol–water partition coefficient (Wildman–Crippen LogP) is 1.49. The molecule has 0 amide bonds. The molecule has 0 aromatic heterocycles. The fourth-order valence-corrected chi connectivity index (χ4v) is 2.78. The first-order valence-electron chi connectivity index (χ1n) is 6.93. The van der Waals surface area contributed by atoms with Crippen LogP contribution in [0.2, 0.25) is 0 Å². The molecule has 0 radical (unpaired) electrons. The molecule has 1 heterocycles. The van der Waals surface area contributed by atoms with Crippen molar-refractivity contribution in [3.8, 4) is 17.2 Å². The Bertz CT molecular complexity index is 451. The summed E-state index contributed by atoms with van der Waals surface area (Å²) in [6, 6.07) is 3.96. The molecule has 1 fully saturated rings. The minimum Gasteiger partial charge on any atom is -0.493 e. The van der Waals surface area contributed by atoms with Crippen LogP contribution in [0.3, 0.4) is 0 Å².